The van der Waals surface area contributed by atoms with Crippen molar-refractivity contribution in [2.24, 2.45) is 5.41 Å². The zero-order valence-electron chi connectivity index (χ0n) is 11.7. The molecule has 0 unspecified atom stereocenters. The molecule has 1 heterocycles. The Morgan fingerprint density at radius 1 is 1.42 bits per heavy atom. The largest absolute Gasteiger partial charge is 0.481 e. The minimum atomic E-state index is -0.721. The normalized spacial score (nSPS) is 17.8. The van der Waals surface area contributed by atoms with Crippen LogP contribution in [0.3, 0.4) is 0 Å². The highest BCUT2D eigenvalue weighted by atomic mass is 16.4. The maximum Gasteiger partial charge on any atom is 0.317 e. The topological polar surface area (TPSA) is 69.6 Å². The number of aliphatic carboxylic acids is 1. The van der Waals surface area contributed by atoms with E-state index in [1.165, 1.54) is 0 Å². The summed E-state index contributed by atoms with van der Waals surface area (Å²) in [6.45, 7) is 7.22. The van der Waals surface area contributed by atoms with E-state index in [4.69, 9.17) is 0 Å². The number of amides is 2. The maximum atomic E-state index is 11.8. The van der Waals surface area contributed by atoms with Crippen LogP contribution in [0.4, 0.5) is 4.79 Å². The first kappa shape index (κ1) is 15.5. The van der Waals surface area contributed by atoms with Crippen LogP contribution in [0.1, 0.15) is 39.0 Å². The lowest BCUT2D eigenvalue weighted by Crippen LogP contribution is -2.49. The average molecular weight is 268 g/mol. The van der Waals surface area contributed by atoms with Crippen molar-refractivity contribution in [2.75, 3.05) is 19.6 Å². The quantitative estimate of drug-likeness (QED) is 0.573. The van der Waals surface area contributed by atoms with Gasteiger partial charge >= 0.3 is 12.0 Å². The fourth-order valence-corrected chi connectivity index (χ4v) is 2.58. The molecule has 0 saturated carbocycles. The molecule has 1 fully saturated rings. The first-order valence-electron chi connectivity index (χ1n) is 6.93. The second-order valence-corrected chi connectivity index (χ2v) is 5.13. The number of hydrogen-bond acceptors (Lipinski definition) is 2. The zero-order valence-corrected chi connectivity index (χ0v) is 11.7. The molecule has 0 spiro atoms. The molecule has 5 nitrogen and oxygen atoms in total. The molecule has 0 bridgehead atoms. The summed E-state index contributed by atoms with van der Waals surface area (Å²) in [5.74, 6) is -0.721. The van der Waals surface area contributed by atoms with Gasteiger partial charge in [-0.1, -0.05) is 19.4 Å². The number of nitrogens with one attached hydrogen (secondary N) is 1. The molecular formula is C14H24N2O3. The van der Waals surface area contributed by atoms with Gasteiger partial charge in [-0.05, 0) is 25.7 Å². The highest BCUT2D eigenvalue weighted by molar-refractivity contribution is 5.77. The van der Waals surface area contributed by atoms with Crippen molar-refractivity contribution >= 4 is 12.0 Å². The highest BCUT2D eigenvalue weighted by Crippen LogP contribution is 2.36. The summed E-state index contributed by atoms with van der Waals surface area (Å²) in [6, 6.07) is -0.0997. The lowest BCUT2D eigenvalue weighted by molar-refractivity contribution is -0.152. The maximum absolute atomic E-state index is 11.8. The molecule has 1 aliphatic rings. The first-order chi connectivity index (χ1) is 9.05. The SMILES string of the molecule is C=CCCNC(=O)N1CCC(CCC)(C(=O)O)CC1. The first-order valence-corrected chi connectivity index (χ1v) is 6.93. The number of carboxylic acids is 1. The highest BCUT2D eigenvalue weighted by Gasteiger charge is 2.41. The number of urea groups is 1. The third-order valence-electron chi connectivity index (χ3n) is 3.81. The van der Waals surface area contributed by atoms with E-state index in [2.05, 4.69) is 11.9 Å². The average Bonchev–Trinajstić information content (AvgIpc) is 2.40. The summed E-state index contributed by atoms with van der Waals surface area (Å²) >= 11 is 0. The molecular weight excluding hydrogens is 244 g/mol. The van der Waals surface area contributed by atoms with Gasteiger partial charge in [0.1, 0.15) is 0 Å². The summed E-state index contributed by atoms with van der Waals surface area (Å²) in [5.41, 5.74) is -0.632. The Bertz CT molecular complexity index is 334. The van der Waals surface area contributed by atoms with Crippen LogP contribution in [-0.2, 0) is 4.79 Å². The number of hydrogen-bond donors (Lipinski definition) is 2. The molecule has 1 rings (SSSR count). The van der Waals surface area contributed by atoms with Crippen molar-refractivity contribution in [3.63, 3.8) is 0 Å². The van der Waals surface area contributed by atoms with E-state index in [9.17, 15) is 14.7 Å². The summed E-state index contributed by atoms with van der Waals surface area (Å²) in [4.78, 5) is 25.0. The lowest BCUT2D eigenvalue weighted by atomic mass is 9.75. The van der Waals surface area contributed by atoms with E-state index in [1.54, 1.807) is 11.0 Å². The Morgan fingerprint density at radius 3 is 2.53 bits per heavy atom. The third-order valence-corrected chi connectivity index (χ3v) is 3.81. The van der Waals surface area contributed by atoms with Gasteiger partial charge in [-0.15, -0.1) is 6.58 Å². The van der Waals surface area contributed by atoms with Crippen LogP contribution < -0.4 is 5.32 Å². The number of nitrogens with zero attached hydrogens (tertiary/aromatic N) is 1. The van der Waals surface area contributed by atoms with Crippen LogP contribution in [0, 0.1) is 5.41 Å². The molecule has 5 heteroatoms. The summed E-state index contributed by atoms with van der Waals surface area (Å²) in [7, 11) is 0. The van der Waals surface area contributed by atoms with Crippen LogP contribution >= 0.6 is 0 Å². The van der Waals surface area contributed by atoms with Gasteiger partial charge in [0.05, 0.1) is 5.41 Å². The third kappa shape index (κ3) is 3.98. The second-order valence-electron chi connectivity index (χ2n) is 5.13. The van der Waals surface area contributed by atoms with Gasteiger partial charge in [0.2, 0.25) is 0 Å². The van der Waals surface area contributed by atoms with Crippen LogP contribution in [0.5, 0.6) is 0 Å². The van der Waals surface area contributed by atoms with Crippen molar-refractivity contribution in [1.29, 1.82) is 0 Å². The Labute approximate surface area is 114 Å². The molecule has 108 valence electrons. The van der Waals surface area contributed by atoms with Crippen molar-refractivity contribution in [3.05, 3.63) is 12.7 Å². The van der Waals surface area contributed by atoms with Crippen LogP contribution in [0.2, 0.25) is 0 Å². The minimum Gasteiger partial charge on any atom is -0.481 e. The molecule has 0 aromatic rings. The molecule has 2 N–H and O–H groups in total. The van der Waals surface area contributed by atoms with E-state index >= 15 is 0 Å². The zero-order chi connectivity index (χ0) is 14.3. The number of carbonyl (C=O) groups is 2. The van der Waals surface area contributed by atoms with E-state index in [-0.39, 0.29) is 6.03 Å². The van der Waals surface area contributed by atoms with E-state index < -0.39 is 11.4 Å². The van der Waals surface area contributed by atoms with Gasteiger partial charge in [-0.25, -0.2) is 4.79 Å². The lowest BCUT2D eigenvalue weighted by Gasteiger charge is -2.38. The molecule has 0 aromatic carbocycles. The van der Waals surface area contributed by atoms with Gasteiger partial charge < -0.3 is 15.3 Å². The predicted octanol–water partition coefficient (Wildman–Crippen LogP) is 2.24. The summed E-state index contributed by atoms with van der Waals surface area (Å²) in [6.07, 6.45) is 5.14. The van der Waals surface area contributed by atoms with Gasteiger partial charge in [0.25, 0.3) is 0 Å². The molecule has 19 heavy (non-hydrogen) atoms. The van der Waals surface area contributed by atoms with Gasteiger partial charge in [-0.3, -0.25) is 4.79 Å². The number of likely N-dealkylation sites (tertiary alicyclic amines) is 1. The molecule has 0 radical (unpaired) electrons. The molecule has 0 aliphatic carbocycles. The van der Waals surface area contributed by atoms with E-state index in [0.717, 1.165) is 12.8 Å². The van der Waals surface area contributed by atoms with Gasteiger partial charge in [0, 0.05) is 19.6 Å². The van der Waals surface area contributed by atoms with E-state index in [1.807, 2.05) is 6.92 Å². The van der Waals surface area contributed by atoms with Crippen LogP contribution in [0.25, 0.3) is 0 Å². The van der Waals surface area contributed by atoms with Crippen molar-refractivity contribution < 1.29 is 14.7 Å². The van der Waals surface area contributed by atoms with Crippen molar-refractivity contribution in [3.8, 4) is 0 Å². The van der Waals surface area contributed by atoms with Gasteiger partial charge in [-0.2, -0.15) is 0 Å². The monoisotopic (exact) mass is 268 g/mol. The van der Waals surface area contributed by atoms with E-state index in [0.29, 0.717) is 38.9 Å². The summed E-state index contributed by atoms with van der Waals surface area (Å²) in [5, 5.41) is 12.2. The Balaban J connectivity index is 2.48. The minimum absolute atomic E-state index is 0.0997. The fourth-order valence-electron chi connectivity index (χ4n) is 2.58. The predicted molar refractivity (Wildman–Crippen MR) is 74.0 cm³/mol. The number of carboxylic acid groups (broad SMARTS) is 1. The molecule has 1 saturated heterocycles. The fraction of sp³-hybridized carbons (Fsp3) is 0.714. The second kappa shape index (κ2) is 7.16. The Morgan fingerprint density at radius 2 is 2.05 bits per heavy atom. The smallest absolute Gasteiger partial charge is 0.317 e. The van der Waals surface area contributed by atoms with Crippen molar-refractivity contribution in [2.45, 2.75) is 39.0 Å². The molecule has 0 aromatic heterocycles. The number of carbonyl (C=O) groups excluding carboxylic acids is 1. The molecule has 1 aliphatic heterocycles. The Hall–Kier alpha value is -1.52. The standard InChI is InChI=1S/C14H24N2O3/c1-3-5-9-15-13(19)16-10-7-14(6-4-2,8-11-16)12(17)18/h3H,1,4-11H2,2H3,(H,15,19)(H,17,18). The van der Waals surface area contributed by atoms with Crippen LogP contribution in [0.15, 0.2) is 12.7 Å². The van der Waals surface area contributed by atoms with Crippen molar-refractivity contribution in [1.82, 2.24) is 10.2 Å². The molecule has 2 amide bonds. The number of piperidine rings is 1. The number of rotatable bonds is 6. The molecule has 0 atom stereocenters. The van der Waals surface area contributed by atoms with Gasteiger partial charge in [0.15, 0.2) is 0 Å². The summed E-state index contributed by atoms with van der Waals surface area (Å²) < 4.78 is 0. The van der Waals surface area contributed by atoms with Crippen LogP contribution in [-0.4, -0.2) is 41.6 Å². The Kier molecular flexibility index (Phi) is 5.86.